The van der Waals surface area contributed by atoms with Gasteiger partial charge in [0, 0.05) is 25.6 Å². The lowest BCUT2D eigenvalue weighted by Gasteiger charge is -2.35. The fourth-order valence-electron chi connectivity index (χ4n) is 1.66. The summed E-state index contributed by atoms with van der Waals surface area (Å²) in [6, 6.07) is 4.48. The number of furan rings is 1. The molecule has 2 heterocycles. The first kappa shape index (κ1) is 8.78. The van der Waals surface area contributed by atoms with E-state index in [0.717, 1.165) is 37.6 Å². The Morgan fingerprint density at radius 2 is 2.15 bits per heavy atom. The highest BCUT2D eigenvalue weighted by atomic mass is 16.3. The number of nitrogens with two attached hydrogens (primary N) is 1. The second-order valence-corrected chi connectivity index (χ2v) is 3.68. The lowest BCUT2D eigenvalue weighted by molar-refractivity contribution is 0.131. The molecule has 0 aromatic carbocycles. The number of likely N-dealkylation sites (tertiary alicyclic amines) is 1. The Balaban J connectivity index is 1.87. The molecule has 0 amide bonds. The molecule has 72 valence electrons. The van der Waals surface area contributed by atoms with Crippen molar-refractivity contribution in [2.24, 2.45) is 5.73 Å². The van der Waals surface area contributed by atoms with Crippen LogP contribution in [0.1, 0.15) is 18.4 Å². The standard InChI is InChI=1S/C10H16N2O/c1-2-9-3-4-10(13-9)7-12-5-8(11)6-12/h3-4,8H,2,5-7,11H2,1H3. The molecule has 3 heteroatoms. The summed E-state index contributed by atoms with van der Waals surface area (Å²) in [5.41, 5.74) is 5.68. The van der Waals surface area contributed by atoms with Gasteiger partial charge in [-0.15, -0.1) is 0 Å². The van der Waals surface area contributed by atoms with Crippen LogP contribution >= 0.6 is 0 Å². The van der Waals surface area contributed by atoms with Gasteiger partial charge in [0.2, 0.25) is 0 Å². The molecule has 1 fully saturated rings. The third-order valence-corrected chi connectivity index (χ3v) is 2.43. The summed E-state index contributed by atoms with van der Waals surface area (Å²) >= 11 is 0. The van der Waals surface area contributed by atoms with Crippen molar-refractivity contribution < 1.29 is 4.42 Å². The maximum Gasteiger partial charge on any atom is 0.118 e. The summed E-state index contributed by atoms with van der Waals surface area (Å²) in [7, 11) is 0. The van der Waals surface area contributed by atoms with Crippen LogP contribution in [0.15, 0.2) is 16.5 Å². The third kappa shape index (κ3) is 1.92. The Morgan fingerprint density at radius 1 is 1.46 bits per heavy atom. The summed E-state index contributed by atoms with van der Waals surface area (Å²) in [6.07, 6.45) is 0.972. The predicted molar refractivity (Wildman–Crippen MR) is 51.3 cm³/mol. The zero-order chi connectivity index (χ0) is 9.26. The molecule has 1 saturated heterocycles. The van der Waals surface area contributed by atoms with Gasteiger partial charge in [-0.25, -0.2) is 0 Å². The molecule has 0 atom stereocenters. The topological polar surface area (TPSA) is 42.4 Å². The van der Waals surface area contributed by atoms with Crippen LogP contribution in [0.5, 0.6) is 0 Å². The monoisotopic (exact) mass is 180 g/mol. The highest BCUT2D eigenvalue weighted by Gasteiger charge is 2.23. The van der Waals surface area contributed by atoms with Crippen molar-refractivity contribution >= 4 is 0 Å². The Morgan fingerprint density at radius 3 is 2.69 bits per heavy atom. The van der Waals surface area contributed by atoms with Gasteiger partial charge in [0.25, 0.3) is 0 Å². The molecule has 0 aliphatic carbocycles. The van der Waals surface area contributed by atoms with Crippen molar-refractivity contribution in [2.75, 3.05) is 13.1 Å². The van der Waals surface area contributed by atoms with Gasteiger partial charge in [0.1, 0.15) is 11.5 Å². The first-order valence-corrected chi connectivity index (χ1v) is 4.83. The average Bonchev–Trinajstić information content (AvgIpc) is 2.50. The van der Waals surface area contributed by atoms with E-state index < -0.39 is 0 Å². The molecule has 2 rings (SSSR count). The maximum atomic E-state index is 5.68. The van der Waals surface area contributed by atoms with E-state index in [-0.39, 0.29) is 0 Å². The molecule has 1 aromatic heterocycles. The van der Waals surface area contributed by atoms with Crippen LogP contribution in [0.3, 0.4) is 0 Å². The number of rotatable bonds is 3. The Kier molecular flexibility index (Phi) is 2.38. The molecule has 1 aromatic rings. The molecule has 0 spiro atoms. The minimum absolute atomic E-state index is 0.376. The van der Waals surface area contributed by atoms with Crippen LogP contribution in [-0.2, 0) is 13.0 Å². The maximum absolute atomic E-state index is 5.68. The van der Waals surface area contributed by atoms with E-state index in [2.05, 4.69) is 24.0 Å². The number of hydrogen-bond donors (Lipinski definition) is 1. The summed E-state index contributed by atoms with van der Waals surface area (Å²) in [5.74, 6) is 2.13. The summed E-state index contributed by atoms with van der Waals surface area (Å²) < 4.78 is 5.59. The van der Waals surface area contributed by atoms with E-state index in [4.69, 9.17) is 10.2 Å². The van der Waals surface area contributed by atoms with Gasteiger partial charge in [-0.2, -0.15) is 0 Å². The van der Waals surface area contributed by atoms with Crippen LogP contribution in [0.25, 0.3) is 0 Å². The van der Waals surface area contributed by atoms with Crippen molar-refractivity contribution in [3.63, 3.8) is 0 Å². The quantitative estimate of drug-likeness (QED) is 0.754. The minimum Gasteiger partial charge on any atom is -0.465 e. The van der Waals surface area contributed by atoms with E-state index >= 15 is 0 Å². The molecule has 0 radical (unpaired) electrons. The van der Waals surface area contributed by atoms with Gasteiger partial charge in [-0.3, -0.25) is 4.90 Å². The molecular formula is C10H16N2O. The van der Waals surface area contributed by atoms with Gasteiger partial charge < -0.3 is 10.2 Å². The highest BCUT2D eigenvalue weighted by Crippen LogP contribution is 2.14. The van der Waals surface area contributed by atoms with Gasteiger partial charge in [-0.05, 0) is 12.1 Å². The smallest absolute Gasteiger partial charge is 0.118 e. The second-order valence-electron chi connectivity index (χ2n) is 3.68. The second kappa shape index (κ2) is 3.52. The fourth-order valence-corrected chi connectivity index (χ4v) is 1.66. The molecule has 1 aliphatic heterocycles. The van der Waals surface area contributed by atoms with Crippen LogP contribution < -0.4 is 5.73 Å². The van der Waals surface area contributed by atoms with Gasteiger partial charge in [0.05, 0.1) is 6.54 Å². The fraction of sp³-hybridized carbons (Fsp3) is 0.600. The largest absolute Gasteiger partial charge is 0.465 e. The highest BCUT2D eigenvalue weighted by molar-refractivity contribution is 5.07. The SMILES string of the molecule is CCc1ccc(CN2CC(N)C2)o1. The molecule has 13 heavy (non-hydrogen) atoms. The molecule has 3 nitrogen and oxygen atoms in total. The third-order valence-electron chi connectivity index (χ3n) is 2.43. The molecule has 2 N–H and O–H groups in total. The van der Waals surface area contributed by atoms with Crippen molar-refractivity contribution in [1.82, 2.24) is 4.90 Å². The van der Waals surface area contributed by atoms with Crippen molar-refractivity contribution in [3.8, 4) is 0 Å². The summed E-state index contributed by atoms with van der Waals surface area (Å²) in [4.78, 5) is 2.29. The molecule has 1 aliphatic rings. The first-order chi connectivity index (χ1) is 6.28. The van der Waals surface area contributed by atoms with E-state index in [1.165, 1.54) is 0 Å². The number of aryl methyl sites for hydroxylation is 1. The zero-order valence-electron chi connectivity index (χ0n) is 7.99. The summed E-state index contributed by atoms with van der Waals surface area (Å²) in [5, 5.41) is 0. The van der Waals surface area contributed by atoms with Crippen LogP contribution in [0.2, 0.25) is 0 Å². The number of hydrogen-bond acceptors (Lipinski definition) is 3. The molecule has 0 saturated carbocycles. The van der Waals surface area contributed by atoms with E-state index in [9.17, 15) is 0 Å². The molecule has 0 bridgehead atoms. The van der Waals surface area contributed by atoms with Gasteiger partial charge >= 0.3 is 0 Å². The van der Waals surface area contributed by atoms with E-state index in [1.54, 1.807) is 0 Å². The van der Waals surface area contributed by atoms with Crippen molar-refractivity contribution in [1.29, 1.82) is 0 Å². The Bertz CT molecular complexity index is 276. The Hall–Kier alpha value is -0.800. The Labute approximate surface area is 78.5 Å². The number of nitrogens with zero attached hydrogens (tertiary/aromatic N) is 1. The molecule has 0 unspecified atom stereocenters. The summed E-state index contributed by atoms with van der Waals surface area (Å²) in [6.45, 7) is 5.01. The lowest BCUT2D eigenvalue weighted by atomic mass is 10.1. The minimum atomic E-state index is 0.376. The van der Waals surface area contributed by atoms with Crippen molar-refractivity contribution in [2.45, 2.75) is 25.9 Å². The predicted octanol–water partition coefficient (Wildman–Crippen LogP) is 0.985. The van der Waals surface area contributed by atoms with E-state index in [1.807, 2.05) is 0 Å². The molecular weight excluding hydrogens is 164 g/mol. The van der Waals surface area contributed by atoms with Crippen LogP contribution in [-0.4, -0.2) is 24.0 Å². The normalized spacial score (nSPS) is 18.9. The van der Waals surface area contributed by atoms with Gasteiger partial charge in [-0.1, -0.05) is 6.92 Å². The first-order valence-electron chi connectivity index (χ1n) is 4.83. The zero-order valence-corrected chi connectivity index (χ0v) is 7.99. The lowest BCUT2D eigenvalue weighted by Crippen LogP contribution is -2.54. The van der Waals surface area contributed by atoms with Crippen molar-refractivity contribution in [3.05, 3.63) is 23.7 Å². The van der Waals surface area contributed by atoms with E-state index in [0.29, 0.717) is 6.04 Å². The van der Waals surface area contributed by atoms with Crippen LogP contribution in [0.4, 0.5) is 0 Å². The van der Waals surface area contributed by atoms with Crippen LogP contribution in [0, 0.1) is 0 Å². The average molecular weight is 180 g/mol. The van der Waals surface area contributed by atoms with Gasteiger partial charge in [0.15, 0.2) is 0 Å².